The number of carbonyl (C=O) groups excluding carboxylic acids is 2. The molecule has 1 amide bonds. The van der Waals surface area contributed by atoms with E-state index < -0.39 is 17.7 Å². The van der Waals surface area contributed by atoms with Crippen LogP contribution in [0.3, 0.4) is 0 Å². The maximum absolute atomic E-state index is 11.8. The van der Waals surface area contributed by atoms with Crippen LogP contribution in [-0.2, 0) is 16.0 Å². The Morgan fingerprint density at radius 3 is 2.55 bits per heavy atom. The number of benzene rings is 2. The number of nitrogens with one attached hydrogen (secondary N) is 2. The molecule has 2 aromatic rings. The van der Waals surface area contributed by atoms with Gasteiger partial charge in [0.2, 0.25) is 0 Å². The number of aldehydes is 1. The third-order valence-electron chi connectivity index (χ3n) is 4.22. The highest BCUT2D eigenvalue weighted by Crippen LogP contribution is 2.15. The highest BCUT2D eigenvalue weighted by atomic mass is 16.6. The van der Waals surface area contributed by atoms with Crippen molar-refractivity contribution in [2.45, 2.75) is 32.9 Å². The summed E-state index contributed by atoms with van der Waals surface area (Å²) in [5.74, 6) is -0.475. The van der Waals surface area contributed by atoms with Crippen LogP contribution in [0, 0.1) is 0 Å². The van der Waals surface area contributed by atoms with Crippen LogP contribution >= 0.6 is 0 Å². The number of amides is 1. The second kappa shape index (κ2) is 12.4. The SMILES string of the molecule is CC(C)(C)OC(=O)NCc1cccc(OCCOCCNc2ccc(C(=O)O)c(C=O)c2)c1. The minimum absolute atomic E-state index is 0.0337. The molecule has 0 spiro atoms. The van der Waals surface area contributed by atoms with Crippen LogP contribution in [0.4, 0.5) is 10.5 Å². The van der Waals surface area contributed by atoms with Crippen LogP contribution < -0.4 is 15.4 Å². The van der Waals surface area contributed by atoms with Crippen LogP contribution in [0.5, 0.6) is 5.75 Å². The third-order valence-corrected chi connectivity index (χ3v) is 4.22. The highest BCUT2D eigenvalue weighted by molar-refractivity contribution is 5.97. The summed E-state index contributed by atoms with van der Waals surface area (Å²) in [7, 11) is 0. The van der Waals surface area contributed by atoms with Gasteiger partial charge in [-0.3, -0.25) is 4.79 Å². The maximum atomic E-state index is 11.8. The minimum Gasteiger partial charge on any atom is -0.491 e. The van der Waals surface area contributed by atoms with Gasteiger partial charge in [-0.15, -0.1) is 0 Å². The van der Waals surface area contributed by atoms with Gasteiger partial charge in [0.1, 0.15) is 18.0 Å². The first-order valence-electron chi connectivity index (χ1n) is 10.5. The zero-order valence-electron chi connectivity index (χ0n) is 19.1. The van der Waals surface area contributed by atoms with Gasteiger partial charge in [0.05, 0.1) is 18.8 Å². The van der Waals surface area contributed by atoms with Crippen LogP contribution in [0.15, 0.2) is 42.5 Å². The van der Waals surface area contributed by atoms with Gasteiger partial charge in [-0.2, -0.15) is 0 Å². The molecule has 0 bridgehead atoms. The minimum atomic E-state index is -1.14. The summed E-state index contributed by atoms with van der Waals surface area (Å²) in [5, 5.41) is 14.8. The van der Waals surface area contributed by atoms with Crippen LogP contribution in [-0.4, -0.2) is 55.4 Å². The lowest BCUT2D eigenvalue weighted by Crippen LogP contribution is -2.32. The topological polar surface area (TPSA) is 123 Å². The molecule has 9 heteroatoms. The molecule has 0 heterocycles. The average Bonchev–Trinajstić information content (AvgIpc) is 2.76. The summed E-state index contributed by atoms with van der Waals surface area (Å²) in [6.45, 7) is 7.36. The van der Waals surface area contributed by atoms with Gasteiger partial charge in [-0.05, 0) is 56.7 Å². The molecule has 0 aliphatic rings. The summed E-state index contributed by atoms with van der Waals surface area (Å²) < 4.78 is 16.4. The average molecular weight is 459 g/mol. The van der Waals surface area contributed by atoms with Crippen molar-refractivity contribution in [3.05, 3.63) is 59.2 Å². The first-order valence-corrected chi connectivity index (χ1v) is 10.5. The fourth-order valence-corrected chi connectivity index (χ4v) is 2.79. The van der Waals surface area contributed by atoms with Gasteiger partial charge in [-0.25, -0.2) is 9.59 Å². The van der Waals surface area contributed by atoms with Crippen LogP contribution in [0.2, 0.25) is 0 Å². The molecule has 0 radical (unpaired) electrons. The Morgan fingerprint density at radius 2 is 1.85 bits per heavy atom. The number of aromatic carboxylic acids is 1. The number of hydrogen-bond donors (Lipinski definition) is 3. The molecule has 0 unspecified atom stereocenters. The molecule has 0 aliphatic carbocycles. The normalized spacial score (nSPS) is 10.9. The van der Waals surface area contributed by atoms with Gasteiger partial charge in [-0.1, -0.05) is 12.1 Å². The van der Waals surface area contributed by atoms with Crippen LogP contribution in [0.1, 0.15) is 47.1 Å². The molecule has 0 saturated heterocycles. The lowest BCUT2D eigenvalue weighted by molar-refractivity contribution is 0.0522. The summed E-state index contributed by atoms with van der Waals surface area (Å²) in [6, 6.07) is 11.9. The predicted molar refractivity (Wildman–Crippen MR) is 123 cm³/mol. The Bertz CT molecular complexity index is 954. The van der Waals surface area contributed by atoms with E-state index in [0.717, 1.165) is 5.56 Å². The number of alkyl carbamates (subject to hydrolysis) is 1. The van der Waals surface area contributed by atoms with Crippen molar-refractivity contribution < 1.29 is 33.7 Å². The molecule has 2 aromatic carbocycles. The Labute approximate surface area is 193 Å². The standard InChI is InChI=1S/C24H30N2O7/c1-24(2,3)33-23(30)26-15-17-5-4-6-20(13-17)32-12-11-31-10-9-25-19-7-8-21(22(28)29)18(14-19)16-27/h4-8,13-14,16,25H,9-12,15H2,1-3H3,(H,26,30)(H,28,29). The molecule has 33 heavy (non-hydrogen) atoms. The lowest BCUT2D eigenvalue weighted by Gasteiger charge is -2.19. The summed E-state index contributed by atoms with van der Waals surface area (Å²) >= 11 is 0. The fraction of sp³-hybridized carbons (Fsp3) is 0.375. The van der Waals surface area contributed by atoms with E-state index >= 15 is 0 Å². The predicted octanol–water partition coefficient (Wildman–Crippen LogP) is 3.73. The molecule has 2 rings (SSSR count). The Morgan fingerprint density at radius 1 is 1.06 bits per heavy atom. The van der Waals surface area contributed by atoms with E-state index in [0.29, 0.717) is 50.6 Å². The first kappa shape index (κ1) is 25.7. The summed E-state index contributed by atoms with van der Waals surface area (Å²) in [5.41, 5.74) is 1.05. The van der Waals surface area contributed by atoms with E-state index in [1.165, 1.54) is 12.1 Å². The van der Waals surface area contributed by atoms with Gasteiger partial charge < -0.3 is 30.0 Å². The molecular weight excluding hydrogens is 428 g/mol. The second-order valence-electron chi connectivity index (χ2n) is 8.12. The molecule has 3 N–H and O–H groups in total. The molecule has 0 aromatic heterocycles. The molecule has 9 nitrogen and oxygen atoms in total. The molecule has 0 aliphatic heterocycles. The Balaban J connectivity index is 1.65. The number of carbonyl (C=O) groups is 3. The lowest BCUT2D eigenvalue weighted by atomic mass is 10.1. The largest absolute Gasteiger partial charge is 0.491 e. The van der Waals surface area contributed by atoms with Crippen molar-refractivity contribution in [3.63, 3.8) is 0 Å². The Hall–Kier alpha value is -3.59. The zero-order valence-corrected chi connectivity index (χ0v) is 19.1. The number of carboxylic acid groups (broad SMARTS) is 1. The number of anilines is 1. The van der Waals surface area contributed by atoms with Crippen LogP contribution in [0.25, 0.3) is 0 Å². The van der Waals surface area contributed by atoms with Gasteiger partial charge in [0.15, 0.2) is 6.29 Å². The van der Waals surface area contributed by atoms with Gasteiger partial charge >= 0.3 is 12.1 Å². The summed E-state index contributed by atoms with van der Waals surface area (Å²) in [6.07, 6.45) is 0.0430. The first-order chi connectivity index (χ1) is 15.7. The molecule has 0 saturated carbocycles. The third kappa shape index (κ3) is 9.61. The van der Waals surface area contributed by atoms with E-state index in [4.69, 9.17) is 19.3 Å². The van der Waals surface area contributed by atoms with E-state index in [1.54, 1.807) is 26.8 Å². The second-order valence-corrected chi connectivity index (χ2v) is 8.12. The quantitative estimate of drug-likeness (QED) is 0.325. The monoisotopic (exact) mass is 458 g/mol. The molecule has 0 fully saturated rings. The van der Waals surface area contributed by atoms with E-state index in [1.807, 2.05) is 24.3 Å². The van der Waals surface area contributed by atoms with E-state index in [9.17, 15) is 14.4 Å². The molecule has 178 valence electrons. The van der Waals surface area contributed by atoms with Crippen molar-refractivity contribution in [2.24, 2.45) is 0 Å². The van der Waals surface area contributed by atoms with Crippen molar-refractivity contribution in [1.29, 1.82) is 0 Å². The van der Waals surface area contributed by atoms with E-state index in [2.05, 4.69) is 10.6 Å². The number of hydrogen-bond acceptors (Lipinski definition) is 7. The highest BCUT2D eigenvalue weighted by Gasteiger charge is 2.15. The Kier molecular flexibility index (Phi) is 9.68. The molecule has 0 atom stereocenters. The smallest absolute Gasteiger partial charge is 0.407 e. The number of ether oxygens (including phenoxy) is 3. The van der Waals surface area contributed by atoms with Crippen molar-refractivity contribution in [2.75, 3.05) is 31.7 Å². The van der Waals surface area contributed by atoms with Gasteiger partial charge in [0, 0.05) is 24.3 Å². The maximum Gasteiger partial charge on any atom is 0.407 e. The van der Waals surface area contributed by atoms with Crippen molar-refractivity contribution in [1.82, 2.24) is 5.32 Å². The molecular formula is C24H30N2O7. The number of rotatable bonds is 12. The van der Waals surface area contributed by atoms with Gasteiger partial charge in [0.25, 0.3) is 0 Å². The van der Waals surface area contributed by atoms with Crippen molar-refractivity contribution in [3.8, 4) is 5.75 Å². The zero-order chi connectivity index (χ0) is 24.3. The van der Waals surface area contributed by atoms with E-state index in [-0.39, 0.29) is 11.1 Å². The summed E-state index contributed by atoms with van der Waals surface area (Å²) in [4.78, 5) is 33.8. The van der Waals surface area contributed by atoms with Crippen molar-refractivity contribution >= 4 is 24.0 Å². The fourth-order valence-electron chi connectivity index (χ4n) is 2.79. The number of carboxylic acids is 1.